The zero-order chi connectivity index (χ0) is 20.6. The molecule has 0 unspecified atom stereocenters. The Balaban J connectivity index is 1.51. The fourth-order valence-corrected chi connectivity index (χ4v) is 3.93. The minimum Gasteiger partial charge on any atom is -0.481 e. The predicted octanol–water partition coefficient (Wildman–Crippen LogP) is 2.10. The topological polar surface area (TPSA) is 93.7 Å². The highest BCUT2D eigenvalue weighted by molar-refractivity contribution is 7.09. The molecule has 1 saturated heterocycles. The number of thiazole rings is 1. The van der Waals surface area contributed by atoms with Gasteiger partial charge in [0, 0.05) is 42.9 Å². The molecule has 1 N–H and O–H groups in total. The van der Waals surface area contributed by atoms with E-state index >= 15 is 0 Å². The van der Waals surface area contributed by atoms with Crippen LogP contribution in [-0.4, -0.2) is 60.1 Å². The summed E-state index contributed by atoms with van der Waals surface area (Å²) in [6.07, 6.45) is 3.32. The molecule has 9 heteroatoms. The third-order valence-corrected chi connectivity index (χ3v) is 5.63. The highest BCUT2D eigenvalue weighted by Crippen LogP contribution is 2.23. The first-order valence-electron chi connectivity index (χ1n) is 9.68. The van der Waals surface area contributed by atoms with Gasteiger partial charge in [0.1, 0.15) is 11.6 Å². The van der Waals surface area contributed by atoms with Crippen molar-refractivity contribution in [3.05, 3.63) is 28.7 Å². The van der Waals surface area contributed by atoms with Gasteiger partial charge < -0.3 is 19.7 Å². The van der Waals surface area contributed by atoms with Crippen LogP contribution in [0.25, 0.3) is 11.3 Å². The maximum atomic E-state index is 12.6. The number of nitrogens with zero attached hydrogens (tertiary/aromatic N) is 3. The van der Waals surface area contributed by atoms with Gasteiger partial charge in [0.2, 0.25) is 17.7 Å². The Morgan fingerprint density at radius 3 is 2.97 bits per heavy atom. The smallest absolute Gasteiger partial charge is 0.248 e. The van der Waals surface area contributed by atoms with Crippen molar-refractivity contribution in [1.29, 1.82) is 0 Å². The lowest BCUT2D eigenvalue weighted by Gasteiger charge is -2.32. The number of likely N-dealkylation sites (tertiary alicyclic amines) is 1. The molecule has 1 atom stereocenters. The number of carbonyl (C=O) groups is 2. The van der Waals surface area contributed by atoms with Crippen LogP contribution in [0.15, 0.2) is 23.7 Å². The van der Waals surface area contributed by atoms with Gasteiger partial charge in [-0.05, 0) is 25.8 Å². The van der Waals surface area contributed by atoms with Gasteiger partial charge in [0.05, 0.1) is 25.3 Å². The molecule has 0 radical (unpaired) electrons. The van der Waals surface area contributed by atoms with E-state index in [1.54, 1.807) is 24.3 Å². The van der Waals surface area contributed by atoms with E-state index in [4.69, 9.17) is 9.47 Å². The standard InChI is InChI=1S/C20H26N4O4S/c1-3-28-12-19(25)24-8-4-5-15(11-24)20(26)22-10-18-23-16(13-29-18)14-6-7-17(27-2)21-9-14/h6-7,9,13,15H,3-5,8,10-12H2,1-2H3,(H,22,26)/t15-/m0/s1. The van der Waals surface area contributed by atoms with Crippen molar-refractivity contribution in [2.24, 2.45) is 5.92 Å². The number of methoxy groups -OCH3 is 1. The Hall–Kier alpha value is -2.52. The Labute approximate surface area is 174 Å². The van der Waals surface area contributed by atoms with E-state index in [1.165, 1.54) is 11.3 Å². The van der Waals surface area contributed by atoms with E-state index in [0.717, 1.165) is 29.1 Å². The predicted molar refractivity (Wildman–Crippen MR) is 110 cm³/mol. The van der Waals surface area contributed by atoms with Crippen LogP contribution in [0.3, 0.4) is 0 Å². The number of piperidine rings is 1. The molecule has 1 fully saturated rings. The fourth-order valence-electron chi connectivity index (χ4n) is 3.18. The molecule has 3 rings (SSSR count). The number of pyridine rings is 1. The summed E-state index contributed by atoms with van der Waals surface area (Å²) in [5.41, 5.74) is 1.72. The number of carbonyl (C=O) groups excluding carboxylic acids is 2. The molecule has 1 aliphatic heterocycles. The molecular formula is C20H26N4O4S. The van der Waals surface area contributed by atoms with Gasteiger partial charge in [0.15, 0.2) is 0 Å². The normalized spacial score (nSPS) is 16.5. The molecule has 8 nitrogen and oxygen atoms in total. The van der Waals surface area contributed by atoms with Crippen LogP contribution in [0.2, 0.25) is 0 Å². The minimum atomic E-state index is -0.195. The number of nitrogens with one attached hydrogen (secondary N) is 1. The van der Waals surface area contributed by atoms with Gasteiger partial charge in [-0.1, -0.05) is 0 Å². The van der Waals surface area contributed by atoms with Crippen LogP contribution in [0.4, 0.5) is 0 Å². The van der Waals surface area contributed by atoms with Crippen molar-refractivity contribution in [2.75, 3.05) is 33.4 Å². The Kier molecular flexibility index (Phi) is 7.54. The van der Waals surface area contributed by atoms with Gasteiger partial charge in [0.25, 0.3) is 0 Å². The van der Waals surface area contributed by atoms with Crippen molar-refractivity contribution >= 4 is 23.2 Å². The summed E-state index contributed by atoms with van der Waals surface area (Å²) < 4.78 is 10.3. The number of aromatic nitrogens is 2. The van der Waals surface area contributed by atoms with Gasteiger partial charge in [-0.15, -0.1) is 11.3 Å². The molecule has 29 heavy (non-hydrogen) atoms. The maximum absolute atomic E-state index is 12.6. The molecule has 0 saturated carbocycles. The number of ether oxygens (including phenoxy) is 2. The van der Waals surface area contributed by atoms with E-state index in [-0.39, 0.29) is 24.3 Å². The van der Waals surface area contributed by atoms with Crippen molar-refractivity contribution in [3.63, 3.8) is 0 Å². The van der Waals surface area contributed by atoms with Crippen LogP contribution >= 0.6 is 11.3 Å². The first kappa shape index (κ1) is 21.2. The van der Waals surface area contributed by atoms with E-state index < -0.39 is 0 Å². The lowest BCUT2D eigenvalue weighted by molar-refractivity contribution is -0.139. The summed E-state index contributed by atoms with van der Waals surface area (Å²) in [7, 11) is 1.58. The molecule has 3 heterocycles. The maximum Gasteiger partial charge on any atom is 0.248 e. The van der Waals surface area contributed by atoms with Crippen molar-refractivity contribution in [1.82, 2.24) is 20.2 Å². The SMILES string of the molecule is CCOCC(=O)N1CCC[C@H](C(=O)NCc2nc(-c3ccc(OC)nc3)cs2)C1. The lowest BCUT2D eigenvalue weighted by Crippen LogP contribution is -2.46. The molecule has 2 aromatic rings. The third kappa shape index (κ3) is 5.74. The van der Waals surface area contributed by atoms with Crippen LogP contribution < -0.4 is 10.1 Å². The zero-order valence-electron chi connectivity index (χ0n) is 16.7. The van der Waals surface area contributed by atoms with Crippen LogP contribution in [0.5, 0.6) is 5.88 Å². The first-order valence-corrected chi connectivity index (χ1v) is 10.6. The van der Waals surface area contributed by atoms with Crippen molar-refractivity contribution < 1.29 is 19.1 Å². The summed E-state index contributed by atoms with van der Waals surface area (Å²) in [6.45, 7) is 3.93. The number of hydrogen-bond donors (Lipinski definition) is 1. The molecule has 0 spiro atoms. The van der Waals surface area contributed by atoms with Gasteiger partial charge in [-0.3, -0.25) is 9.59 Å². The number of amides is 2. The van der Waals surface area contributed by atoms with Crippen LogP contribution in [0.1, 0.15) is 24.8 Å². The average Bonchev–Trinajstić information content (AvgIpc) is 3.25. The second kappa shape index (κ2) is 10.3. The minimum absolute atomic E-state index is 0.0400. The summed E-state index contributed by atoms with van der Waals surface area (Å²) in [6, 6.07) is 3.69. The fraction of sp³-hybridized carbons (Fsp3) is 0.500. The molecule has 1 aliphatic rings. The average molecular weight is 419 g/mol. The summed E-state index contributed by atoms with van der Waals surface area (Å²) in [4.78, 5) is 35.2. The Bertz CT molecular complexity index is 824. The van der Waals surface area contributed by atoms with Gasteiger partial charge in [-0.2, -0.15) is 0 Å². The van der Waals surface area contributed by atoms with E-state index in [9.17, 15) is 9.59 Å². The molecule has 0 aromatic carbocycles. The largest absolute Gasteiger partial charge is 0.481 e. The number of hydrogen-bond acceptors (Lipinski definition) is 7. The summed E-state index contributed by atoms with van der Waals surface area (Å²) >= 11 is 1.49. The summed E-state index contributed by atoms with van der Waals surface area (Å²) in [5.74, 6) is 0.265. The Morgan fingerprint density at radius 2 is 2.24 bits per heavy atom. The van der Waals surface area contributed by atoms with Gasteiger partial charge in [-0.25, -0.2) is 9.97 Å². The van der Waals surface area contributed by atoms with E-state index in [2.05, 4.69) is 15.3 Å². The van der Waals surface area contributed by atoms with E-state index in [0.29, 0.717) is 32.1 Å². The first-order chi connectivity index (χ1) is 14.1. The monoisotopic (exact) mass is 418 g/mol. The molecule has 2 aromatic heterocycles. The molecule has 0 bridgehead atoms. The van der Waals surface area contributed by atoms with Crippen molar-refractivity contribution in [3.8, 4) is 17.1 Å². The second-order valence-corrected chi connectivity index (χ2v) is 7.69. The molecular weight excluding hydrogens is 392 g/mol. The third-order valence-electron chi connectivity index (χ3n) is 4.78. The lowest BCUT2D eigenvalue weighted by atomic mass is 9.97. The molecule has 0 aliphatic carbocycles. The van der Waals surface area contributed by atoms with Gasteiger partial charge >= 0.3 is 0 Å². The highest BCUT2D eigenvalue weighted by Gasteiger charge is 2.28. The molecule has 2 amide bonds. The van der Waals surface area contributed by atoms with Crippen LogP contribution in [0, 0.1) is 5.92 Å². The zero-order valence-corrected chi connectivity index (χ0v) is 17.5. The van der Waals surface area contributed by atoms with E-state index in [1.807, 2.05) is 18.4 Å². The van der Waals surface area contributed by atoms with Crippen LogP contribution in [-0.2, 0) is 20.9 Å². The molecule has 156 valence electrons. The van der Waals surface area contributed by atoms with Crippen molar-refractivity contribution in [2.45, 2.75) is 26.3 Å². The Morgan fingerprint density at radius 1 is 1.38 bits per heavy atom. The number of rotatable bonds is 8. The highest BCUT2D eigenvalue weighted by atomic mass is 32.1. The quantitative estimate of drug-likeness (QED) is 0.706. The second-order valence-electron chi connectivity index (χ2n) is 6.75. The summed E-state index contributed by atoms with van der Waals surface area (Å²) in [5, 5.41) is 5.73.